The van der Waals surface area contributed by atoms with Gasteiger partial charge in [0.2, 0.25) is 0 Å². The van der Waals surface area contributed by atoms with Crippen molar-refractivity contribution >= 4 is 27.3 Å². The molecule has 0 aliphatic carbocycles. The van der Waals surface area contributed by atoms with E-state index in [0.717, 1.165) is 14.2 Å². The number of alkyl halides is 1. The second kappa shape index (κ2) is 6.90. The standard InChI is InChI=1S/C12H13FO4S/c1-16-11(14)10(12(15)17-2)18(8-13)9-6-4-3-5-7-9/h3-7H,8H2,1-2H3. The van der Waals surface area contributed by atoms with Crippen molar-refractivity contribution in [2.75, 3.05) is 20.2 Å². The molecule has 0 aliphatic heterocycles. The number of benzene rings is 1. The minimum atomic E-state index is -1.29. The molecule has 6 heteroatoms. The Morgan fingerprint density at radius 2 is 1.61 bits per heavy atom. The normalized spacial score (nSPS) is 11.5. The molecule has 4 nitrogen and oxygen atoms in total. The van der Waals surface area contributed by atoms with Crippen molar-refractivity contribution in [2.24, 2.45) is 0 Å². The maximum Gasteiger partial charge on any atom is 0.351 e. The molecule has 0 aromatic heterocycles. The van der Waals surface area contributed by atoms with Crippen molar-refractivity contribution in [2.45, 2.75) is 4.90 Å². The summed E-state index contributed by atoms with van der Waals surface area (Å²) in [5, 5.41) is 0. The summed E-state index contributed by atoms with van der Waals surface area (Å²) in [7, 11) is 0.978. The second-order valence-electron chi connectivity index (χ2n) is 3.13. The zero-order chi connectivity index (χ0) is 13.5. The van der Waals surface area contributed by atoms with E-state index < -0.39 is 28.4 Å². The van der Waals surface area contributed by atoms with Crippen LogP contribution in [-0.2, 0) is 19.1 Å². The Balaban J connectivity index is 3.39. The van der Waals surface area contributed by atoms with E-state index in [1.807, 2.05) is 0 Å². The molecular weight excluding hydrogens is 259 g/mol. The topological polar surface area (TPSA) is 52.6 Å². The zero-order valence-corrected chi connectivity index (χ0v) is 10.8. The van der Waals surface area contributed by atoms with Crippen LogP contribution in [0, 0.1) is 0 Å². The maximum atomic E-state index is 13.2. The number of esters is 2. The molecule has 0 N–H and O–H groups in total. The molecule has 18 heavy (non-hydrogen) atoms. The highest BCUT2D eigenvalue weighted by Crippen LogP contribution is 2.29. The fourth-order valence-corrected chi connectivity index (χ4v) is 2.82. The molecule has 0 saturated carbocycles. The Hall–Kier alpha value is -1.69. The lowest BCUT2D eigenvalue weighted by atomic mass is 10.4. The Morgan fingerprint density at radius 3 is 2.00 bits per heavy atom. The van der Waals surface area contributed by atoms with Gasteiger partial charge in [0.25, 0.3) is 0 Å². The third-order valence-electron chi connectivity index (χ3n) is 2.12. The molecule has 1 rings (SSSR count). The molecule has 1 aromatic carbocycles. The third-order valence-corrected chi connectivity index (χ3v) is 4.01. The van der Waals surface area contributed by atoms with Gasteiger partial charge in [0.05, 0.1) is 14.2 Å². The Kier molecular flexibility index (Phi) is 5.51. The van der Waals surface area contributed by atoms with Crippen molar-refractivity contribution in [3.05, 3.63) is 30.3 Å². The first-order valence-electron chi connectivity index (χ1n) is 5.01. The number of carbonyl (C=O) groups is 2. The van der Waals surface area contributed by atoms with E-state index in [0.29, 0.717) is 4.90 Å². The molecule has 0 radical (unpaired) electrons. The van der Waals surface area contributed by atoms with Crippen molar-refractivity contribution in [3.63, 3.8) is 0 Å². The van der Waals surface area contributed by atoms with Crippen LogP contribution < -0.4 is 0 Å². The summed E-state index contributed by atoms with van der Waals surface area (Å²) in [6.45, 7) is 0. The van der Waals surface area contributed by atoms with Crippen LogP contribution in [0.5, 0.6) is 0 Å². The SMILES string of the molecule is COC(=O)C(C(=O)OC)=S(CF)c1ccccc1. The van der Waals surface area contributed by atoms with E-state index >= 15 is 0 Å². The Morgan fingerprint density at radius 1 is 1.11 bits per heavy atom. The van der Waals surface area contributed by atoms with Gasteiger partial charge in [-0.15, -0.1) is 10.5 Å². The molecule has 0 bridgehead atoms. The van der Waals surface area contributed by atoms with Crippen LogP contribution in [0.4, 0.5) is 4.39 Å². The highest BCUT2D eigenvalue weighted by Gasteiger charge is 2.25. The van der Waals surface area contributed by atoms with E-state index in [4.69, 9.17) is 0 Å². The van der Waals surface area contributed by atoms with E-state index in [-0.39, 0.29) is 4.86 Å². The van der Waals surface area contributed by atoms with Gasteiger partial charge in [0.1, 0.15) is 6.01 Å². The monoisotopic (exact) mass is 272 g/mol. The predicted molar refractivity (Wildman–Crippen MR) is 67.3 cm³/mol. The zero-order valence-electron chi connectivity index (χ0n) is 10.0. The van der Waals surface area contributed by atoms with Crippen molar-refractivity contribution in [3.8, 4) is 0 Å². The van der Waals surface area contributed by atoms with Gasteiger partial charge in [-0.1, -0.05) is 18.2 Å². The molecule has 0 amide bonds. The van der Waals surface area contributed by atoms with Gasteiger partial charge in [-0.3, -0.25) is 0 Å². The smallest absolute Gasteiger partial charge is 0.351 e. The van der Waals surface area contributed by atoms with Crippen LogP contribution in [-0.4, -0.2) is 37.0 Å². The lowest BCUT2D eigenvalue weighted by molar-refractivity contribution is -0.137. The molecule has 0 spiro atoms. The summed E-state index contributed by atoms with van der Waals surface area (Å²) >= 11 is 0. The highest BCUT2D eigenvalue weighted by atomic mass is 32.2. The van der Waals surface area contributed by atoms with Crippen LogP contribution in [0.2, 0.25) is 0 Å². The van der Waals surface area contributed by atoms with Gasteiger partial charge < -0.3 is 9.47 Å². The molecular formula is C12H13FO4S. The highest BCUT2D eigenvalue weighted by molar-refractivity contribution is 8.17. The van der Waals surface area contributed by atoms with Crippen molar-refractivity contribution in [1.29, 1.82) is 0 Å². The van der Waals surface area contributed by atoms with Crippen LogP contribution in [0.3, 0.4) is 0 Å². The molecule has 1 atom stereocenters. The lowest BCUT2D eigenvalue weighted by Gasteiger charge is -2.11. The summed E-state index contributed by atoms with van der Waals surface area (Å²) in [6, 6.07) is 7.61. The molecule has 0 heterocycles. The Labute approximate surface area is 107 Å². The van der Waals surface area contributed by atoms with Crippen molar-refractivity contribution in [1.82, 2.24) is 0 Å². The van der Waals surface area contributed by atoms with E-state index in [9.17, 15) is 14.0 Å². The number of rotatable bonds is 4. The van der Waals surface area contributed by atoms with Gasteiger partial charge in [-0.05, 0) is 12.1 Å². The molecule has 0 fully saturated rings. The quantitative estimate of drug-likeness (QED) is 0.476. The molecule has 0 aliphatic rings. The maximum absolute atomic E-state index is 13.2. The number of hydrogen-bond acceptors (Lipinski definition) is 4. The van der Waals surface area contributed by atoms with Crippen LogP contribution in [0.25, 0.3) is 0 Å². The van der Waals surface area contributed by atoms with Gasteiger partial charge in [0.15, 0.2) is 4.86 Å². The number of carbonyl (C=O) groups excluding carboxylic acids is 2. The third kappa shape index (κ3) is 3.16. The van der Waals surface area contributed by atoms with Crippen LogP contribution in [0.15, 0.2) is 35.2 Å². The van der Waals surface area contributed by atoms with Crippen LogP contribution in [0.1, 0.15) is 0 Å². The first-order chi connectivity index (χ1) is 8.65. The van der Waals surface area contributed by atoms with Crippen molar-refractivity contribution < 1.29 is 23.5 Å². The summed E-state index contributed by atoms with van der Waals surface area (Å²) in [6.07, 6.45) is 0. The molecule has 1 unspecified atom stereocenters. The lowest BCUT2D eigenvalue weighted by Crippen LogP contribution is -2.27. The fourth-order valence-electron chi connectivity index (χ4n) is 1.29. The fraction of sp³-hybridized carbons (Fsp3) is 0.250. The Bertz CT molecular complexity index is 452. The minimum Gasteiger partial charge on any atom is -0.465 e. The first-order valence-corrected chi connectivity index (χ1v) is 6.40. The summed E-state index contributed by atoms with van der Waals surface area (Å²) in [5.74, 6) is -1.74. The van der Waals surface area contributed by atoms with Gasteiger partial charge >= 0.3 is 11.9 Å². The first kappa shape index (κ1) is 14.4. The van der Waals surface area contributed by atoms with Gasteiger partial charge in [-0.2, -0.15) is 0 Å². The molecule has 98 valence electrons. The average Bonchev–Trinajstić information content (AvgIpc) is 2.44. The number of halogens is 1. The minimum absolute atomic E-state index is 0.311. The van der Waals surface area contributed by atoms with E-state index in [1.54, 1.807) is 30.3 Å². The van der Waals surface area contributed by atoms with E-state index in [1.165, 1.54) is 0 Å². The predicted octanol–water partition coefficient (Wildman–Crippen LogP) is 1.76. The largest absolute Gasteiger partial charge is 0.465 e. The summed E-state index contributed by atoms with van der Waals surface area (Å²) in [4.78, 5) is 23.4. The average molecular weight is 272 g/mol. The number of methoxy groups -OCH3 is 2. The van der Waals surface area contributed by atoms with Gasteiger partial charge in [0, 0.05) is 4.90 Å². The number of hydrogen-bond donors (Lipinski definition) is 0. The van der Waals surface area contributed by atoms with Gasteiger partial charge in [-0.25, -0.2) is 14.0 Å². The summed E-state index contributed by atoms with van der Waals surface area (Å²) in [5.41, 5.74) is 0. The van der Waals surface area contributed by atoms with Crippen LogP contribution >= 0.6 is 10.5 Å². The molecule has 1 aromatic rings. The van der Waals surface area contributed by atoms with E-state index in [2.05, 4.69) is 9.47 Å². The summed E-state index contributed by atoms with van der Waals surface area (Å²) < 4.78 is 22.2. The molecule has 0 saturated heterocycles. The second-order valence-corrected chi connectivity index (χ2v) is 5.00. The number of ether oxygens (including phenoxy) is 2.